The third-order valence-corrected chi connectivity index (χ3v) is 6.49. The van der Waals surface area contributed by atoms with E-state index in [0.717, 1.165) is 19.5 Å². The van der Waals surface area contributed by atoms with E-state index in [1.165, 1.54) is 12.3 Å². The van der Waals surface area contributed by atoms with Crippen LogP contribution in [0.2, 0.25) is 5.02 Å². The summed E-state index contributed by atoms with van der Waals surface area (Å²) in [6.07, 6.45) is 4.29. The van der Waals surface area contributed by atoms with Gasteiger partial charge in [-0.2, -0.15) is 4.98 Å². The van der Waals surface area contributed by atoms with Crippen LogP contribution < -0.4 is 26.2 Å². The van der Waals surface area contributed by atoms with E-state index in [4.69, 9.17) is 21.5 Å². The Morgan fingerprint density at radius 3 is 2.73 bits per heavy atom. The maximum absolute atomic E-state index is 12.8. The van der Waals surface area contributed by atoms with Gasteiger partial charge in [0.05, 0.1) is 6.20 Å². The minimum Gasteiger partial charge on any atom is -0.437 e. The fourth-order valence-electron chi connectivity index (χ4n) is 4.20. The van der Waals surface area contributed by atoms with Crippen LogP contribution in [-0.2, 0) is 9.59 Å². The molecule has 1 aliphatic rings. The fourth-order valence-corrected chi connectivity index (χ4v) is 4.33. The van der Waals surface area contributed by atoms with Crippen molar-refractivity contribution >= 4 is 46.6 Å². The number of carbonyl (C=O) groups excluding carboxylic acids is 3. The minimum atomic E-state index is -0.401. The highest BCUT2D eigenvalue weighted by molar-refractivity contribution is 6.31. The molecule has 1 atom stereocenters. The molecule has 214 valence electrons. The summed E-state index contributed by atoms with van der Waals surface area (Å²) < 4.78 is 5.82. The average molecular weight is 580 g/mol. The van der Waals surface area contributed by atoms with Gasteiger partial charge >= 0.3 is 0 Å². The Kier molecular flexibility index (Phi) is 10.2. The van der Waals surface area contributed by atoms with Gasteiger partial charge in [0.1, 0.15) is 10.8 Å². The third kappa shape index (κ3) is 8.73. The molecular weight excluding hydrogens is 550 g/mol. The lowest BCUT2D eigenvalue weighted by Crippen LogP contribution is -2.37. The topological polar surface area (TPSA) is 158 Å². The Morgan fingerprint density at radius 2 is 1.98 bits per heavy atom. The smallest absolute Gasteiger partial charge is 0.251 e. The van der Waals surface area contributed by atoms with Gasteiger partial charge in [-0.05, 0) is 61.9 Å². The summed E-state index contributed by atoms with van der Waals surface area (Å²) in [6, 6.07) is 13.7. The molecule has 2 heterocycles. The Hall–Kier alpha value is -4.52. The zero-order chi connectivity index (χ0) is 29.2. The first-order chi connectivity index (χ1) is 19.8. The number of halogens is 1. The van der Waals surface area contributed by atoms with Gasteiger partial charge in [0.15, 0.2) is 0 Å². The van der Waals surface area contributed by atoms with Gasteiger partial charge in [-0.3, -0.25) is 19.6 Å². The van der Waals surface area contributed by atoms with Gasteiger partial charge in [-0.15, -0.1) is 0 Å². The number of hydroxylamine groups is 1. The number of anilines is 3. The van der Waals surface area contributed by atoms with Gasteiger partial charge in [0.2, 0.25) is 23.6 Å². The van der Waals surface area contributed by atoms with Crippen LogP contribution in [0.3, 0.4) is 0 Å². The minimum absolute atomic E-state index is 0.0202. The van der Waals surface area contributed by atoms with E-state index in [1.807, 2.05) is 0 Å². The van der Waals surface area contributed by atoms with Crippen molar-refractivity contribution < 1.29 is 24.3 Å². The number of rotatable bonds is 12. The molecule has 1 fully saturated rings. The van der Waals surface area contributed by atoms with E-state index in [0.29, 0.717) is 35.7 Å². The molecule has 4 rings (SSSR count). The van der Waals surface area contributed by atoms with Crippen LogP contribution in [0.25, 0.3) is 0 Å². The molecule has 0 bridgehead atoms. The Balaban J connectivity index is 1.30. The first-order valence-electron chi connectivity index (χ1n) is 12.9. The van der Waals surface area contributed by atoms with Crippen LogP contribution in [0.15, 0.2) is 67.4 Å². The third-order valence-electron chi connectivity index (χ3n) is 6.23. The Bertz CT molecular complexity index is 1400. The zero-order valence-electron chi connectivity index (χ0n) is 22.1. The zero-order valence-corrected chi connectivity index (χ0v) is 22.9. The number of hydrogen-bond acceptors (Lipinski definition) is 9. The molecular formula is C28H30ClN7O5. The number of aromatic nitrogens is 2. The van der Waals surface area contributed by atoms with Crippen LogP contribution >= 0.6 is 11.6 Å². The first-order valence-corrected chi connectivity index (χ1v) is 13.3. The van der Waals surface area contributed by atoms with Gasteiger partial charge in [-0.1, -0.05) is 24.2 Å². The molecule has 1 aromatic heterocycles. The van der Waals surface area contributed by atoms with Crippen LogP contribution in [0.5, 0.6) is 11.6 Å². The first kappa shape index (κ1) is 29.5. The predicted octanol–water partition coefficient (Wildman–Crippen LogP) is 3.88. The maximum Gasteiger partial charge on any atom is 0.251 e. The molecule has 1 saturated heterocycles. The number of likely N-dealkylation sites (tertiary alicyclic amines) is 1. The van der Waals surface area contributed by atoms with Crippen molar-refractivity contribution in [1.82, 2.24) is 25.7 Å². The van der Waals surface area contributed by atoms with Crippen LogP contribution in [0, 0.1) is 0 Å². The van der Waals surface area contributed by atoms with Crippen molar-refractivity contribution in [2.24, 2.45) is 0 Å². The molecule has 2 aromatic carbocycles. The summed E-state index contributed by atoms with van der Waals surface area (Å²) in [4.78, 5) is 46.2. The molecule has 1 unspecified atom stereocenters. The lowest BCUT2D eigenvalue weighted by atomic mass is 10.1. The SMILES string of the molecule is C=CC(=O)Nc1cccc(Oc2nc(Nc3ccc(C(=O)NC4CCN(CCCC(=O)NO)C4)cc3)ncc2Cl)c1. The maximum atomic E-state index is 12.8. The van der Waals surface area contributed by atoms with E-state index in [1.54, 1.807) is 54.0 Å². The molecule has 0 radical (unpaired) electrons. The Labute approximate surface area is 241 Å². The van der Waals surface area contributed by atoms with Crippen molar-refractivity contribution in [1.29, 1.82) is 0 Å². The molecule has 12 nitrogen and oxygen atoms in total. The molecule has 1 aliphatic heterocycles. The largest absolute Gasteiger partial charge is 0.437 e. The summed E-state index contributed by atoms with van der Waals surface area (Å²) in [5, 5.41) is 17.6. The number of hydrogen-bond donors (Lipinski definition) is 5. The highest BCUT2D eigenvalue weighted by atomic mass is 35.5. The molecule has 5 N–H and O–H groups in total. The lowest BCUT2D eigenvalue weighted by molar-refractivity contribution is -0.129. The molecule has 41 heavy (non-hydrogen) atoms. The van der Waals surface area contributed by atoms with Gasteiger partial charge in [0.25, 0.3) is 5.91 Å². The van der Waals surface area contributed by atoms with Gasteiger partial charge in [-0.25, -0.2) is 10.5 Å². The fraction of sp³-hybridized carbons (Fsp3) is 0.250. The highest BCUT2D eigenvalue weighted by Crippen LogP contribution is 2.29. The molecule has 0 aliphatic carbocycles. The van der Waals surface area contributed by atoms with E-state index in [2.05, 4.69) is 37.4 Å². The molecule has 13 heteroatoms. The van der Waals surface area contributed by atoms with Crippen LogP contribution in [0.1, 0.15) is 29.6 Å². The summed E-state index contributed by atoms with van der Waals surface area (Å²) in [6.45, 7) is 5.69. The van der Waals surface area contributed by atoms with Crippen molar-refractivity contribution in [3.63, 3.8) is 0 Å². The average Bonchev–Trinajstić information content (AvgIpc) is 3.42. The van der Waals surface area contributed by atoms with E-state index < -0.39 is 5.91 Å². The van der Waals surface area contributed by atoms with E-state index in [9.17, 15) is 14.4 Å². The standard InChI is InChI=1S/C28H30ClN7O5/c1-2-24(37)31-20-5-3-6-22(15-20)41-27-23(29)16-30-28(34-27)33-19-10-8-18(9-11-19)26(39)32-21-12-14-36(17-21)13-4-7-25(38)35-40/h2-3,5-6,8-11,15-16,21,40H,1,4,7,12-14,17H2,(H,31,37)(H,32,39)(H,35,38)(H,30,33,34). The van der Waals surface area contributed by atoms with Gasteiger partial charge in [0, 0.05) is 48.6 Å². The van der Waals surface area contributed by atoms with Crippen molar-refractivity contribution in [2.75, 3.05) is 30.3 Å². The number of carbonyl (C=O) groups is 3. The summed E-state index contributed by atoms with van der Waals surface area (Å²) in [5.41, 5.74) is 3.32. The number of ether oxygens (including phenoxy) is 1. The molecule has 0 spiro atoms. The number of nitrogens with zero attached hydrogens (tertiary/aromatic N) is 3. The summed E-state index contributed by atoms with van der Waals surface area (Å²) in [7, 11) is 0. The molecule has 3 aromatic rings. The highest BCUT2D eigenvalue weighted by Gasteiger charge is 2.24. The second kappa shape index (κ2) is 14.2. The van der Waals surface area contributed by atoms with Crippen molar-refractivity contribution in [2.45, 2.75) is 25.3 Å². The molecule has 0 saturated carbocycles. The normalized spacial score (nSPS) is 14.6. The monoisotopic (exact) mass is 579 g/mol. The van der Waals surface area contributed by atoms with Crippen LogP contribution in [0.4, 0.5) is 17.3 Å². The second-order valence-corrected chi connectivity index (χ2v) is 9.68. The predicted molar refractivity (Wildman–Crippen MR) is 154 cm³/mol. The number of amides is 3. The summed E-state index contributed by atoms with van der Waals surface area (Å²) in [5.74, 6) is -0.154. The summed E-state index contributed by atoms with van der Waals surface area (Å²) >= 11 is 6.24. The van der Waals surface area contributed by atoms with Crippen LogP contribution in [-0.4, -0.2) is 63.5 Å². The van der Waals surface area contributed by atoms with E-state index in [-0.39, 0.29) is 41.1 Å². The lowest BCUT2D eigenvalue weighted by Gasteiger charge is -2.16. The number of nitrogens with one attached hydrogen (secondary N) is 4. The number of benzene rings is 2. The van der Waals surface area contributed by atoms with E-state index >= 15 is 0 Å². The van der Waals surface area contributed by atoms with Gasteiger partial charge < -0.3 is 25.6 Å². The Morgan fingerprint density at radius 1 is 1.17 bits per heavy atom. The second-order valence-electron chi connectivity index (χ2n) is 9.27. The quantitative estimate of drug-likeness (QED) is 0.122. The van der Waals surface area contributed by atoms with Crippen molar-refractivity contribution in [3.05, 3.63) is 78.0 Å². The van der Waals surface area contributed by atoms with Crippen molar-refractivity contribution in [3.8, 4) is 11.6 Å². The molecule has 3 amide bonds.